The topological polar surface area (TPSA) is 49.7 Å². The number of amidine groups is 1. The highest BCUT2D eigenvalue weighted by molar-refractivity contribution is 8.15. The van der Waals surface area contributed by atoms with Crippen LogP contribution < -0.4 is 4.90 Å². The smallest absolute Gasteiger partial charge is 0.164 e. The van der Waals surface area contributed by atoms with Crippen molar-refractivity contribution in [2.24, 2.45) is 4.99 Å². The molecular weight excluding hydrogens is 400 g/mol. The Hall–Kier alpha value is -1.50. The summed E-state index contributed by atoms with van der Waals surface area (Å²) in [5.41, 5.74) is 3.43. The number of nitrogens with zero attached hydrogens (tertiary/aromatic N) is 2. The van der Waals surface area contributed by atoms with Crippen LogP contribution in [-0.4, -0.2) is 36.4 Å². The number of anilines is 1. The molecule has 2 heterocycles. The van der Waals surface area contributed by atoms with Crippen LogP contribution in [-0.2, 0) is 22.8 Å². The minimum absolute atomic E-state index is 0.0294. The summed E-state index contributed by atoms with van der Waals surface area (Å²) in [5, 5.41) is 1.63. The van der Waals surface area contributed by atoms with Gasteiger partial charge in [0.1, 0.15) is 0 Å². The average molecular weight is 421 g/mol. The molecule has 0 spiro atoms. The molecule has 0 N–H and O–H groups in total. The van der Waals surface area contributed by atoms with Crippen molar-refractivity contribution in [1.82, 2.24) is 0 Å². The summed E-state index contributed by atoms with van der Waals surface area (Å²) in [5.74, 6) is 0.378. The van der Waals surface area contributed by atoms with Crippen LogP contribution in [0.1, 0.15) is 18.1 Å². The molecule has 27 heavy (non-hydrogen) atoms. The lowest BCUT2D eigenvalue weighted by Gasteiger charge is -2.25. The van der Waals surface area contributed by atoms with E-state index in [1.165, 1.54) is 5.56 Å². The average Bonchev–Trinajstić information content (AvgIpc) is 3.13. The zero-order chi connectivity index (χ0) is 19.0. The lowest BCUT2D eigenvalue weighted by Crippen LogP contribution is -2.28. The fraction of sp³-hybridized carbons (Fsp3) is 0.350. The number of hydrogen-bond donors (Lipinski definition) is 0. The number of aryl methyl sites for hydroxylation is 1. The lowest BCUT2D eigenvalue weighted by molar-refractivity contribution is 0.601. The van der Waals surface area contributed by atoms with E-state index in [1.807, 2.05) is 24.3 Å². The quantitative estimate of drug-likeness (QED) is 0.744. The number of aliphatic imine (C=N–C) groups is 1. The van der Waals surface area contributed by atoms with Crippen molar-refractivity contribution in [1.29, 1.82) is 0 Å². The van der Waals surface area contributed by atoms with Crippen LogP contribution in [0.5, 0.6) is 0 Å². The number of hydrogen-bond acceptors (Lipinski definition) is 5. The van der Waals surface area contributed by atoms with E-state index in [0.29, 0.717) is 11.6 Å². The highest BCUT2D eigenvalue weighted by atomic mass is 35.5. The molecule has 0 saturated carbocycles. The summed E-state index contributed by atoms with van der Waals surface area (Å²) in [6.07, 6.45) is 0.992. The molecule has 4 nitrogen and oxygen atoms in total. The first kappa shape index (κ1) is 18.8. The molecular formula is C20H21ClN2O2S2. The molecule has 0 aliphatic carbocycles. The molecule has 0 aromatic heterocycles. The van der Waals surface area contributed by atoms with Gasteiger partial charge in [0.15, 0.2) is 15.0 Å². The number of sulfone groups is 1. The molecule has 0 radical (unpaired) electrons. The SMILES string of the molecule is CCc1ccc(N(Cc2cccc(Cl)c2)C2=N[C@H]3CS(=O)(=O)C[C@@H]3S2)cc1. The second kappa shape index (κ2) is 7.49. The number of halogens is 1. The van der Waals surface area contributed by atoms with Gasteiger partial charge in [-0.1, -0.05) is 54.6 Å². The predicted molar refractivity (Wildman–Crippen MR) is 115 cm³/mol. The molecule has 2 aliphatic rings. The second-order valence-electron chi connectivity index (χ2n) is 6.95. The maximum Gasteiger partial charge on any atom is 0.164 e. The van der Waals surface area contributed by atoms with E-state index < -0.39 is 9.84 Å². The van der Waals surface area contributed by atoms with Crippen LogP contribution in [0.25, 0.3) is 0 Å². The molecule has 2 aromatic rings. The van der Waals surface area contributed by atoms with Gasteiger partial charge < -0.3 is 4.90 Å². The third-order valence-corrected chi connectivity index (χ3v) is 8.40. The van der Waals surface area contributed by atoms with Gasteiger partial charge in [0.25, 0.3) is 0 Å². The largest absolute Gasteiger partial charge is 0.317 e. The van der Waals surface area contributed by atoms with Crippen molar-refractivity contribution in [2.45, 2.75) is 31.2 Å². The first-order chi connectivity index (χ1) is 12.9. The zero-order valence-corrected chi connectivity index (χ0v) is 17.4. The number of fused-ring (bicyclic) bond motifs is 1. The maximum atomic E-state index is 11.9. The Balaban J connectivity index is 1.66. The number of thioether (sulfide) groups is 1. The Bertz CT molecular complexity index is 974. The van der Waals surface area contributed by atoms with Crippen LogP contribution in [0.2, 0.25) is 5.02 Å². The molecule has 7 heteroatoms. The molecule has 2 aromatic carbocycles. The summed E-state index contributed by atoms with van der Waals surface area (Å²) in [6.45, 7) is 2.78. The first-order valence-electron chi connectivity index (χ1n) is 8.99. The highest BCUT2D eigenvalue weighted by Crippen LogP contribution is 2.37. The fourth-order valence-corrected chi connectivity index (χ4v) is 7.46. The first-order valence-corrected chi connectivity index (χ1v) is 12.1. The van der Waals surface area contributed by atoms with E-state index in [1.54, 1.807) is 11.8 Å². The second-order valence-corrected chi connectivity index (χ2v) is 10.7. The van der Waals surface area contributed by atoms with Crippen molar-refractivity contribution in [2.75, 3.05) is 16.4 Å². The minimum atomic E-state index is -2.96. The third kappa shape index (κ3) is 4.18. The summed E-state index contributed by atoms with van der Waals surface area (Å²) in [4.78, 5) is 6.94. The Labute approximate surface area is 169 Å². The lowest BCUT2D eigenvalue weighted by atomic mass is 10.1. The Morgan fingerprint density at radius 1 is 1.15 bits per heavy atom. The van der Waals surface area contributed by atoms with E-state index in [4.69, 9.17) is 16.6 Å². The molecule has 2 aliphatic heterocycles. The molecule has 1 fully saturated rings. The van der Waals surface area contributed by atoms with E-state index >= 15 is 0 Å². The van der Waals surface area contributed by atoms with Crippen LogP contribution in [0.15, 0.2) is 53.5 Å². The van der Waals surface area contributed by atoms with Crippen molar-refractivity contribution in [3.8, 4) is 0 Å². The van der Waals surface area contributed by atoms with E-state index in [9.17, 15) is 8.42 Å². The molecule has 0 bridgehead atoms. The summed E-state index contributed by atoms with van der Waals surface area (Å²) in [7, 11) is -2.96. The van der Waals surface area contributed by atoms with E-state index in [0.717, 1.165) is 22.8 Å². The van der Waals surface area contributed by atoms with Gasteiger partial charge >= 0.3 is 0 Å². The standard InChI is InChI=1S/C20H21ClN2O2S2/c1-2-14-6-8-17(9-7-14)23(11-15-4-3-5-16(21)10-15)20-22-18-12-27(24,25)13-19(18)26-20/h3-10,18-19H,2,11-13H2,1H3/t18-,19-/m0/s1. The number of benzene rings is 2. The predicted octanol–water partition coefficient (Wildman–Crippen LogP) is 4.18. The summed E-state index contributed by atoms with van der Waals surface area (Å²) in [6, 6.07) is 16.2. The Morgan fingerprint density at radius 2 is 1.93 bits per heavy atom. The van der Waals surface area contributed by atoms with Crippen molar-refractivity contribution in [3.63, 3.8) is 0 Å². The number of rotatable bonds is 4. The molecule has 142 valence electrons. The van der Waals surface area contributed by atoms with Gasteiger partial charge in [-0.25, -0.2) is 8.42 Å². The van der Waals surface area contributed by atoms with Crippen LogP contribution >= 0.6 is 23.4 Å². The van der Waals surface area contributed by atoms with Gasteiger partial charge in [-0.2, -0.15) is 0 Å². The normalized spacial score (nSPS) is 23.1. The molecule has 0 amide bonds. The fourth-order valence-electron chi connectivity index (χ4n) is 3.47. The Kier molecular flexibility index (Phi) is 5.23. The Morgan fingerprint density at radius 3 is 2.59 bits per heavy atom. The zero-order valence-electron chi connectivity index (χ0n) is 15.0. The minimum Gasteiger partial charge on any atom is -0.317 e. The van der Waals surface area contributed by atoms with Crippen LogP contribution in [0.3, 0.4) is 0 Å². The van der Waals surface area contributed by atoms with Gasteiger partial charge in [-0.3, -0.25) is 4.99 Å². The monoisotopic (exact) mass is 420 g/mol. The van der Waals surface area contributed by atoms with Crippen molar-refractivity contribution >= 4 is 44.1 Å². The maximum absolute atomic E-state index is 11.9. The summed E-state index contributed by atoms with van der Waals surface area (Å²) >= 11 is 7.75. The molecule has 2 atom stereocenters. The van der Waals surface area contributed by atoms with Gasteiger partial charge in [0, 0.05) is 16.0 Å². The molecule has 4 rings (SSSR count). The van der Waals surface area contributed by atoms with Gasteiger partial charge in [0.05, 0.1) is 24.1 Å². The van der Waals surface area contributed by atoms with Crippen LogP contribution in [0.4, 0.5) is 5.69 Å². The van der Waals surface area contributed by atoms with Gasteiger partial charge in [-0.15, -0.1) is 0 Å². The molecule has 0 unspecified atom stereocenters. The van der Waals surface area contributed by atoms with Crippen molar-refractivity contribution in [3.05, 3.63) is 64.7 Å². The van der Waals surface area contributed by atoms with Crippen molar-refractivity contribution < 1.29 is 8.42 Å². The van der Waals surface area contributed by atoms with Gasteiger partial charge in [0.2, 0.25) is 0 Å². The van der Waals surface area contributed by atoms with Crippen LogP contribution in [0, 0.1) is 0 Å². The highest BCUT2D eigenvalue weighted by Gasteiger charge is 2.44. The van der Waals surface area contributed by atoms with E-state index in [2.05, 4.69) is 36.1 Å². The van der Waals surface area contributed by atoms with E-state index in [-0.39, 0.29) is 22.8 Å². The molecule has 1 saturated heterocycles. The van der Waals surface area contributed by atoms with Gasteiger partial charge in [-0.05, 0) is 41.8 Å². The third-order valence-electron chi connectivity index (χ3n) is 4.92. The summed E-state index contributed by atoms with van der Waals surface area (Å²) < 4.78 is 23.8.